The van der Waals surface area contributed by atoms with Crippen molar-refractivity contribution in [1.29, 1.82) is 0 Å². The van der Waals surface area contributed by atoms with Gasteiger partial charge in [0.15, 0.2) is 0 Å². The van der Waals surface area contributed by atoms with Crippen LogP contribution in [0.25, 0.3) is 22.4 Å². The number of hydrogen-bond acceptors (Lipinski definition) is 4. The van der Waals surface area contributed by atoms with Crippen molar-refractivity contribution >= 4 is 12.0 Å². The van der Waals surface area contributed by atoms with Crippen molar-refractivity contribution in [3.05, 3.63) is 106 Å². The minimum Gasteiger partial charge on any atom is -0.448 e. The summed E-state index contributed by atoms with van der Waals surface area (Å²) in [6.07, 6.45) is -0.671. The highest BCUT2D eigenvalue weighted by molar-refractivity contribution is 5.83. The van der Waals surface area contributed by atoms with Gasteiger partial charge in [0.2, 0.25) is 5.95 Å². The summed E-state index contributed by atoms with van der Waals surface area (Å²) >= 11 is 0. The fraction of sp³-hybridized carbons (Fsp3) is 0.0800. The van der Waals surface area contributed by atoms with Gasteiger partial charge in [0.05, 0.1) is 5.69 Å². The lowest BCUT2D eigenvalue weighted by Crippen LogP contribution is -2.21. The number of fused-ring (bicyclic) bond motifs is 3. The predicted octanol–water partition coefficient (Wildman–Crippen LogP) is 4.80. The lowest BCUT2D eigenvalue weighted by Gasteiger charge is -2.14. The Hall–Kier alpha value is -4.19. The average Bonchev–Trinajstić information content (AvgIpc) is 3.12. The zero-order valence-electron chi connectivity index (χ0n) is 16.5. The van der Waals surface area contributed by atoms with Gasteiger partial charge in [-0.1, -0.05) is 78.9 Å². The molecule has 4 aromatic rings. The highest BCUT2D eigenvalue weighted by Gasteiger charge is 2.29. The smallest absolute Gasteiger partial charge is 0.414 e. The average molecular weight is 409 g/mol. The summed E-state index contributed by atoms with van der Waals surface area (Å²) in [6.45, 7) is 0.183. The molecule has 3 aromatic carbocycles. The van der Waals surface area contributed by atoms with Gasteiger partial charge in [0, 0.05) is 17.5 Å². The third-order valence-electron chi connectivity index (χ3n) is 5.38. The van der Waals surface area contributed by atoms with Crippen LogP contribution in [0.5, 0.6) is 0 Å². The normalized spacial score (nSPS) is 12.1. The molecule has 0 bridgehead atoms. The molecule has 0 saturated carbocycles. The Morgan fingerprint density at radius 2 is 1.52 bits per heavy atom. The summed E-state index contributed by atoms with van der Waals surface area (Å²) in [5, 5.41) is 2.54. The van der Waals surface area contributed by atoms with E-state index in [9.17, 15) is 9.59 Å². The van der Waals surface area contributed by atoms with E-state index >= 15 is 0 Å². The SMILES string of the molecule is O=C(Nc1nc(-c2ccccc2)cc(=O)[nH]1)OCC1c2ccccc2-c2ccccc21. The number of rotatable bonds is 4. The highest BCUT2D eigenvalue weighted by Crippen LogP contribution is 2.44. The molecular formula is C25H19N3O3. The third kappa shape index (κ3) is 3.71. The van der Waals surface area contributed by atoms with Crippen LogP contribution in [0.2, 0.25) is 0 Å². The van der Waals surface area contributed by atoms with Crippen LogP contribution >= 0.6 is 0 Å². The Kier molecular flexibility index (Phi) is 4.80. The van der Waals surface area contributed by atoms with Crippen molar-refractivity contribution in [2.45, 2.75) is 5.92 Å². The summed E-state index contributed by atoms with van der Waals surface area (Å²) < 4.78 is 5.52. The molecule has 6 nitrogen and oxygen atoms in total. The Labute approximate surface area is 178 Å². The van der Waals surface area contributed by atoms with Crippen molar-refractivity contribution in [3.8, 4) is 22.4 Å². The molecule has 1 amide bonds. The van der Waals surface area contributed by atoms with Crippen molar-refractivity contribution in [1.82, 2.24) is 9.97 Å². The molecule has 0 unspecified atom stereocenters. The van der Waals surface area contributed by atoms with Gasteiger partial charge in [-0.05, 0) is 22.3 Å². The maximum absolute atomic E-state index is 12.5. The second-order valence-corrected chi connectivity index (χ2v) is 7.30. The molecule has 1 heterocycles. The minimum atomic E-state index is -0.671. The molecule has 0 spiro atoms. The van der Waals surface area contributed by atoms with Crippen LogP contribution < -0.4 is 10.9 Å². The Balaban J connectivity index is 1.32. The lowest BCUT2D eigenvalue weighted by atomic mass is 9.98. The van der Waals surface area contributed by atoms with E-state index in [1.165, 1.54) is 6.07 Å². The van der Waals surface area contributed by atoms with E-state index in [4.69, 9.17) is 4.74 Å². The number of carbonyl (C=O) groups is 1. The number of benzene rings is 3. The van der Waals surface area contributed by atoms with Gasteiger partial charge in [-0.3, -0.25) is 15.1 Å². The van der Waals surface area contributed by atoms with Crippen LogP contribution in [0.15, 0.2) is 89.7 Å². The van der Waals surface area contributed by atoms with Crippen LogP contribution in [0.1, 0.15) is 17.0 Å². The highest BCUT2D eigenvalue weighted by atomic mass is 16.5. The number of carbonyl (C=O) groups excluding carboxylic acids is 1. The monoisotopic (exact) mass is 409 g/mol. The fourth-order valence-electron chi connectivity index (χ4n) is 4.00. The number of nitrogens with one attached hydrogen (secondary N) is 2. The maximum Gasteiger partial charge on any atom is 0.414 e. The molecule has 1 aromatic heterocycles. The van der Waals surface area contributed by atoms with Crippen molar-refractivity contribution in [2.24, 2.45) is 0 Å². The Morgan fingerprint density at radius 1 is 0.903 bits per heavy atom. The molecule has 152 valence electrons. The van der Waals surface area contributed by atoms with Gasteiger partial charge in [0.1, 0.15) is 6.61 Å². The predicted molar refractivity (Wildman–Crippen MR) is 119 cm³/mol. The lowest BCUT2D eigenvalue weighted by molar-refractivity contribution is 0.158. The van der Waals surface area contributed by atoms with E-state index < -0.39 is 6.09 Å². The van der Waals surface area contributed by atoms with Crippen LogP contribution in [0, 0.1) is 0 Å². The van der Waals surface area contributed by atoms with Gasteiger partial charge < -0.3 is 4.74 Å². The molecule has 5 rings (SSSR count). The molecule has 1 aliphatic carbocycles. The van der Waals surface area contributed by atoms with Gasteiger partial charge in [-0.2, -0.15) is 0 Å². The Bertz CT molecular complexity index is 1270. The molecule has 0 fully saturated rings. The molecular weight excluding hydrogens is 390 g/mol. The number of amides is 1. The molecule has 6 heteroatoms. The quantitative estimate of drug-likeness (QED) is 0.507. The molecule has 0 atom stereocenters. The Morgan fingerprint density at radius 3 is 2.19 bits per heavy atom. The largest absolute Gasteiger partial charge is 0.448 e. The number of anilines is 1. The number of aromatic nitrogens is 2. The number of hydrogen-bond donors (Lipinski definition) is 2. The van der Waals surface area contributed by atoms with E-state index in [1.54, 1.807) is 0 Å². The van der Waals surface area contributed by atoms with Crippen LogP contribution in [0.3, 0.4) is 0 Å². The zero-order chi connectivity index (χ0) is 21.2. The van der Waals surface area contributed by atoms with Gasteiger partial charge in [-0.25, -0.2) is 9.78 Å². The first-order valence-electron chi connectivity index (χ1n) is 9.98. The standard InChI is InChI=1S/C25H19N3O3/c29-23-14-22(16-8-2-1-3-9-16)26-24(27-23)28-25(30)31-15-21-19-12-6-4-10-17(19)18-11-5-7-13-20(18)21/h1-14,21H,15H2,(H2,26,27,28,29,30). The third-order valence-corrected chi connectivity index (χ3v) is 5.38. The van der Waals surface area contributed by atoms with E-state index in [-0.39, 0.29) is 24.0 Å². The zero-order valence-corrected chi connectivity index (χ0v) is 16.5. The second-order valence-electron chi connectivity index (χ2n) is 7.30. The molecule has 0 saturated heterocycles. The summed E-state index contributed by atoms with van der Waals surface area (Å²) in [5.41, 5.74) is 5.48. The van der Waals surface area contributed by atoms with E-state index in [2.05, 4.69) is 39.6 Å². The van der Waals surface area contributed by atoms with Crippen LogP contribution in [0.4, 0.5) is 10.7 Å². The fourth-order valence-corrected chi connectivity index (χ4v) is 4.00. The van der Waals surface area contributed by atoms with Crippen LogP contribution in [-0.4, -0.2) is 22.7 Å². The van der Waals surface area contributed by atoms with E-state index in [0.717, 1.165) is 27.8 Å². The van der Waals surface area contributed by atoms with Crippen molar-refractivity contribution in [2.75, 3.05) is 11.9 Å². The first-order chi connectivity index (χ1) is 15.2. The molecule has 2 N–H and O–H groups in total. The van der Waals surface area contributed by atoms with Crippen molar-refractivity contribution in [3.63, 3.8) is 0 Å². The first kappa shape index (κ1) is 18.8. The van der Waals surface area contributed by atoms with Gasteiger partial charge in [0.25, 0.3) is 5.56 Å². The van der Waals surface area contributed by atoms with Crippen LogP contribution in [-0.2, 0) is 4.74 Å². The maximum atomic E-state index is 12.5. The summed E-state index contributed by atoms with van der Waals surface area (Å²) in [6, 6.07) is 26.9. The van der Waals surface area contributed by atoms with Gasteiger partial charge >= 0.3 is 6.09 Å². The first-order valence-corrected chi connectivity index (χ1v) is 9.98. The molecule has 1 aliphatic rings. The number of nitrogens with zero attached hydrogens (tertiary/aromatic N) is 1. The van der Waals surface area contributed by atoms with Crippen molar-refractivity contribution < 1.29 is 9.53 Å². The van der Waals surface area contributed by atoms with E-state index in [1.807, 2.05) is 54.6 Å². The number of H-pyrrole nitrogens is 1. The summed E-state index contributed by atoms with van der Waals surface area (Å²) in [4.78, 5) is 31.3. The number of ether oxygens (including phenoxy) is 1. The van der Waals surface area contributed by atoms with E-state index in [0.29, 0.717) is 5.69 Å². The molecule has 31 heavy (non-hydrogen) atoms. The summed E-state index contributed by atoms with van der Waals surface area (Å²) in [5.74, 6) is 0.00406. The molecule has 0 radical (unpaired) electrons. The molecule has 0 aliphatic heterocycles. The minimum absolute atomic E-state index is 0.0409. The topological polar surface area (TPSA) is 84.1 Å². The number of aromatic amines is 1. The summed E-state index contributed by atoms with van der Waals surface area (Å²) in [7, 11) is 0. The second kappa shape index (κ2) is 7.91. The van der Waals surface area contributed by atoms with Gasteiger partial charge in [-0.15, -0.1) is 0 Å².